The molecule has 2 unspecified atom stereocenters. The van der Waals surface area contributed by atoms with Crippen molar-refractivity contribution in [3.05, 3.63) is 0 Å². The van der Waals surface area contributed by atoms with Gasteiger partial charge in [-0.05, 0) is 26.8 Å². The van der Waals surface area contributed by atoms with Crippen molar-refractivity contribution in [1.82, 2.24) is 15.1 Å². The van der Waals surface area contributed by atoms with E-state index < -0.39 is 0 Å². The zero-order chi connectivity index (χ0) is 13.9. The quantitative estimate of drug-likeness (QED) is 0.745. The number of nitrogens with zero attached hydrogens (tertiary/aromatic N) is 2. The monoisotopic (exact) mass is 268 g/mol. The summed E-state index contributed by atoms with van der Waals surface area (Å²) in [6.07, 6.45) is 2.97. The minimum absolute atomic E-state index is 0.0242. The van der Waals surface area contributed by atoms with Gasteiger partial charge in [-0.2, -0.15) is 0 Å². The van der Waals surface area contributed by atoms with Crippen LogP contribution in [0.4, 0.5) is 0 Å². The van der Waals surface area contributed by atoms with Gasteiger partial charge in [-0.3, -0.25) is 9.69 Å². The second kappa shape index (κ2) is 6.20. The van der Waals surface area contributed by atoms with Crippen LogP contribution in [0.3, 0.4) is 0 Å². The molecule has 1 aliphatic heterocycles. The van der Waals surface area contributed by atoms with Gasteiger partial charge in [0.25, 0.3) is 0 Å². The number of hydrogen-bond acceptors (Lipinski definition) is 4. The predicted octanol–water partition coefficient (Wildman–Crippen LogP) is -0.132. The molecule has 0 radical (unpaired) electrons. The maximum absolute atomic E-state index is 12.3. The first-order valence-corrected chi connectivity index (χ1v) is 7.47. The molecule has 5 heteroatoms. The summed E-state index contributed by atoms with van der Waals surface area (Å²) in [6, 6.07) is 0.0242. The first-order chi connectivity index (χ1) is 9.02. The highest BCUT2D eigenvalue weighted by Gasteiger charge is 2.42. The Morgan fingerprint density at radius 1 is 1.37 bits per heavy atom. The van der Waals surface area contributed by atoms with Crippen molar-refractivity contribution in [3.8, 4) is 0 Å². The van der Waals surface area contributed by atoms with Crippen molar-refractivity contribution in [2.75, 3.05) is 46.3 Å². The van der Waals surface area contributed by atoms with Crippen molar-refractivity contribution in [2.45, 2.75) is 32.2 Å². The van der Waals surface area contributed by atoms with Gasteiger partial charge >= 0.3 is 0 Å². The summed E-state index contributed by atoms with van der Waals surface area (Å²) in [6.45, 7) is 8.14. The molecule has 5 nitrogen and oxygen atoms in total. The van der Waals surface area contributed by atoms with Gasteiger partial charge < -0.3 is 16.0 Å². The van der Waals surface area contributed by atoms with E-state index in [0.29, 0.717) is 0 Å². The van der Waals surface area contributed by atoms with E-state index in [9.17, 15) is 4.79 Å². The Labute approximate surface area is 116 Å². The predicted molar refractivity (Wildman–Crippen MR) is 76.9 cm³/mol. The lowest BCUT2D eigenvalue weighted by Gasteiger charge is -2.33. The SMILES string of the molecule is CN1CCN(CCNC(=O)C2(C)CCCC2N)CC1. The van der Waals surface area contributed by atoms with E-state index in [1.54, 1.807) is 0 Å². The Kier molecular flexibility index (Phi) is 4.81. The van der Waals surface area contributed by atoms with Crippen LogP contribution in [0.5, 0.6) is 0 Å². The molecule has 1 aliphatic carbocycles. The van der Waals surface area contributed by atoms with E-state index >= 15 is 0 Å². The van der Waals surface area contributed by atoms with E-state index in [2.05, 4.69) is 22.2 Å². The summed E-state index contributed by atoms with van der Waals surface area (Å²) in [7, 11) is 2.15. The largest absolute Gasteiger partial charge is 0.354 e. The summed E-state index contributed by atoms with van der Waals surface area (Å²) in [5.41, 5.74) is 5.72. The van der Waals surface area contributed by atoms with Crippen LogP contribution in [0, 0.1) is 5.41 Å². The zero-order valence-electron chi connectivity index (χ0n) is 12.3. The minimum Gasteiger partial charge on any atom is -0.354 e. The molecule has 2 atom stereocenters. The highest BCUT2D eigenvalue weighted by Crippen LogP contribution is 2.36. The number of amides is 1. The molecule has 0 bridgehead atoms. The highest BCUT2D eigenvalue weighted by atomic mass is 16.2. The lowest BCUT2D eigenvalue weighted by Crippen LogP contribution is -2.50. The first-order valence-electron chi connectivity index (χ1n) is 7.47. The van der Waals surface area contributed by atoms with Crippen LogP contribution in [0.2, 0.25) is 0 Å². The number of nitrogens with two attached hydrogens (primary N) is 1. The van der Waals surface area contributed by atoms with E-state index in [1.807, 2.05) is 6.92 Å². The fourth-order valence-corrected chi connectivity index (χ4v) is 3.08. The van der Waals surface area contributed by atoms with Crippen LogP contribution in [-0.4, -0.2) is 68.1 Å². The standard InChI is InChI=1S/C14H28N4O/c1-14(5-3-4-12(14)15)13(19)16-6-7-18-10-8-17(2)9-11-18/h12H,3-11,15H2,1-2H3,(H,16,19). The van der Waals surface area contributed by atoms with Gasteiger partial charge in [-0.15, -0.1) is 0 Å². The summed E-state index contributed by atoms with van der Waals surface area (Å²) in [5.74, 6) is 0.145. The highest BCUT2D eigenvalue weighted by molar-refractivity contribution is 5.83. The number of piperazine rings is 1. The van der Waals surface area contributed by atoms with Gasteiger partial charge in [0.15, 0.2) is 0 Å². The van der Waals surface area contributed by atoms with Crippen molar-refractivity contribution in [3.63, 3.8) is 0 Å². The number of hydrogen-bond donors (Lipinski definition) is 2. The molecule has 2 rings (SSSR count). The van der Waals surface area contributed by atoms with E-state index in [1.165, 1.54) is 0 Å². The van der Waals surface area contributed by atoms with Gasteiger partial charge in [0.1, 0.15) is 0 Å². The summed E-state index contributed by atoms with van der Waals surface area (Å²) in [5, 5.41) is 3.08. The van der Waals surface area contributed by atoms with E-state index in [0.717, 1.165) is 58.5 Å². The fraction of sp³-hybridized carbons (Fsp3) is 0.929. The number of rotatable bonds is 4. The Morgan fingerprint density at radius 2 is 2.05 bits per heavy atom. The minimum atomic E-state index is -0.345. The van der Waals surface area contributed by atoms with Gasteiger partial charge in [-0.1, -0.05) is 6.42 Å². The third-order valence-electron chi connectivity index (χ3n) is 4.86. The maximum Gasteiger partial charge on any atom is 0.227 e. The Morgan fingerprint density at radius 3 is 2.63 bits per heavy atom. The van der Waals surface area contributed by atoms with Crippen molar-refractivity contribution in [2.24, 2.45) is 11.1 Å². The first kappa shape index (κ1) is 14.8. The Bertz CT molecular complexity index is 315. The second-order valence-corrected chi connectivity index (χ2v) is 6.32. The normalized spacial score (nSPS) is 33.5. The summed E-state index contributed by atoms with van der Waals surface area (Å²) < 4.78 is 0. The van der Waals surface area contributed by atoms with Gasteiger partial charge in [0.2, 0.25) is 5.91 Å². The second-order valence-electron chi connectivity index (χ2n) is 6.32. The number of likely N-dealkylation sites (N-methyl/N-ethyl adjacent to an activating group) is 1. The molecule has 1 heterocycles. The molecule has 19 heavy (non-hydrogen) atoms. The van der Waals surface area contributed by atoms with Crippen LogP contribution < -0.4 is 11.1 Å². The van der Waals surface area contributed by atoms with Gasteiger partial charge in [0.05, 0.1) is 5.41 Å². The topological polar surface area (TPSA) is 61.6 Å². The maximum atomic E-state index is 12.3. The van der Waals surface area contributed by atoms with E-state index in [4.69, 9.17) is 5.73 Å². The lowest BCUT2D eigenvalue weighted by molar-refractivity contribution is -0.130. The molecule has 3 N–H and O–H groups in total. The number of carbonyl (C=O) groups is 1. The van der Waals surface area contributed by atoms with E-state index in [-0.39, 0.29) is 17.4 Å². The summed E-state index contributed by atoms with van der Waals surface area (Å²) >= 11 is 0. The molecule has 0 spiro atoms. The van der Waals surface area contributed by atoms with Crippen LogP contribution in [0.15, 0.2) is 0 Å². The molecule has 110 valence electrons. The molecule has 2 fully saturated rings. The molecule has 0 aromatic rings. The molecule has 1 amide bonds. The van der Waals surface area contributed by atoms with Crippen LogP contribution in [0.25, 0.3) is 0 Å². The van der Waals surface area contributed by atoms with Gasteiger partial charge in [-0.25, -0.2) is 0 Å². The molecule has 0 aromatic carbocycles. The van der Waals surface area contributed by atoms with Crippen LogP contribution in [0.1, 0.15) is 26.2 Å². The molecular formula is C14H28N4O. The Balaban J connectivity index is 1.69. The molecule has 2 aliphatic rings. The molecule has 1 saturated carbocycles. The number of nitrogens with one attached hydrogen (secondary N) is 1. The third kappa shape index (κ3) is 3.46. The zero-order valence-corrected chi connectivity index (χ0v) is 12.3. The smallest absolute Gasteiger partial charge is 0.227 e. The lowest BCUT2D eigenvalue weighted by atomic mass is 9.84. The third-order valence-corrected chi connectivity index (χ3v) is 4.86. The molecule has 1 saturated heterocycles. The molecular weight excluding hydrogens is 240 g/mol. The number of carbonyl (C=O) groups excluding carboxylic acids is 1. The average molecular weight is 268 g/mol. The molecule has 0 aromatic heterocycles. The van der Waals surface area contributed by atoms with Gasteiger partial charge in [0, 0.05) is 45.3 Å². The van der Waals surface area contributed by atoms with Crippen molar-refractivity contribution >= 4 is 5.91 Å². The average Bonchev–Trinajstić information content (AvgIpc) is 2.73. The Hall–Kier alpha value is -0.650. The van der Waals surface area contributed by atoms with Crippen LogP contribution in [-0.2, 0) is 4.79 Å². The summed E-state index contributed by atoms with van der Waals surface area (Å²) in [4.78, 5) is 17.0. The van der Waals surface area contributed by atoms with Crippen LogP contribution >= 0.6 is 0 Å². The fourth-order valence-electron chi connectivity index (χ4n) is 3.08. The van der Waals surface area contributed by atoms with Crippen molar-refractivity contribution in [1.29, 1.82) is 0 Å². The van der Waals surface area contributed by atoms with Crippen molar-refractivity contribution < 1.29 is 4.79 Å².